The largest absolute Gasteiger partial charge is 0.385 e. The predicted molar refractivity (Wildman–Crippen MR) is 112 cm³/mol. The standard InChI is InChI=1S/C23H23ClFN3O2/c24-20-19-17(25)10-6-13-28(19)21(26-20)22(29)27-14-12-23(30,15-7-2-1-3-8-15)16-9-4-5-11-18(16)27/h1-3,6-8,10,13,16,18,30H,4-5,9,11-12,14H2/t16-,18+,23-/m0/s1. The number of aromatic nitrogens is 2. The Hall–Kier alpha value is -2.44. The van der Waals surface area contributed by atoms with Gasteiger partial charge in [0, 0.05) is 24.7 Å². The molecular weight excluding hydrogens is 405 g/mol. The van der Waals surface area contributed by atoms with Gasteiger partial charge in [-0.05, 0) is 37.0 Å². The number of rotatable bonds is 2. The van der Waals surface area contributed by atoms with Gasteiger partial charge in [0.2, 0.25) is 5.82 Å². The molecule has 1 saturated heterocycles. The molecule has 0 spiro atoms. The third-order valence-electron chi connectivity index (χ3n) is 6.78. The monoisotopic (exact) mass is 427 g/mol. The van der Waals surface area contributed by atoms with E-state index in [1.807, 2.05) is 35.2 Å². The van der Waals surface area contributed by atoms with Crippen LogP contribution in [0.3, 0.4) is 0 Å². The molecule has 0 bridgehead atoms. The third kappa shape index (κ3) is 2.93. The number of benzene rings is 1. The molecule has 2 aliphatic rings. The summed E-state index contributed by atoms with van der Waals surface area (Å²) in [5, 5.41) is 11.7. The molecule has 156 valence electrons. The van der Waals surface area contributed by atoms with Crippen molar-refractivity contribution >= 4 is 23.0 Å². The van der Waals surface area contributed by atoms with Gasteiger partial charge in [0.05, 0.1) is 5.60 Å². The predicted octanol–water partition coefficient (Wildman–Crippen LogP) is 4.42. The summed E-state index contributed by atoms with van der Waals surface area (Å²) < 4.78 is 15.6. The first-order valence-electron chi connectivity index (χ1n) is 10.4. The maximum atomic E-state index is 14.2. The Morgan fingerprint density at radius 3 is 2.73 bits per heavy atom. The van der Waals surface area contributed by atoms with Gasteiger partial charge in [-0.3, -0.25) is 9.20 Å². The molecule has 7 heteroatoms. The lowest BCUT2D eigenvalue weighted by atomic mass is 9.66. The summed E-state index contributed by atoms with van der Waals surface area (Å²) in [6, 6.07) is 12.5. The first-order valence-corrected chi connectivity index (χ1v) is 10.8. The van der Waals surface area contributed by atoms with E-state index >= 15 is 0 Å². The number of nitrogens with zero attached hydrogens (tertiary/aromatic N) is 3. The van der Waals surface area contributed by atoms with Crippen LogP contribution in [-0.2, 0) is 5.60 Å². The summed E-state index contributed by atoms with van der Waals surface area (Å²) in [7, 11) is 0. The SMILES string of the molecule is O=C(c1nc(Cl)c2c(F)cccn12)N1CC[C@](O)(c2ccccc2)[C@H]2CCCC[C@H]21. The van der Waals surface area contributed by atoms with Crippen molar-refractivity contribution in [3.8, 4) is 0 Å². The number of aliphatic hydroxyl groups is 1. The number of likely N-dealkylation sites (tertiary alicyclic amines) is 1. The fourth-order valence-corrected chi connectivity index (χ4v) is 5.62. The number of piperidine rings is 1. The summed E-state index contributed by atoms with van der Waals surface area (Å²) in [6.07, 6.45) is 5.78. The van der Waals surface area contributed by atoms with Crippen LogP contribution in [0.2, 0.25) is 5.15 Å². The smallest absolute Gasteiger partial charge is 0.290 e. The molecular formula is C23H23ClFN3O2. The van der Waals surface area contributed by atoms with E-state index in [0.29, 0.717) is 13.0 Å². The minimum absolute atomic E-state index is 0.0190. The van der Waals surface area contributed by atoms with Gasteiger partial charge in [-0.25, -0.2) is 9.37 Å². The third-order valence-corrected chi connectivity index (χ3v) is 7.04. The molecule has 0 unspecified atom stereocenters. The Morgan fingerprint density at radius 2 is 1.93 bits per heavy atom. The number of carbonyl (C=O) groups is 1. The summed E-state index contributed by atoms with van der Waals surface area (Å²) in [5.41, 5.74) is 0.0625. The molecule has 1 aromatic carbocycles. The van der Waals surface area contributed by atoms with Gasteiger partial charge < -0.3 is 10.0 Å². The molecule has 2 fully saturated rings. The zero-order valence-electron chi connectivity index (χ0n) is 16.5. The zero-order valence-corrected chi connectivity index (χ0v) is 17.2. The molecule has 0 radical (unpaired) electrons. The second kappa shape index (κ2) is 7.36. The van der Waals surface area contributed by atoms with Crippen molar-refractivity contribution in [3.63, 3.8) is 0 Å². The van der Waals surface area contributed by atoms with Gasteiger partial charge in [-0.2, -0.15) is 0 Å². The number of halogens is 2. The number of fused-ring (bicyclic) bond motifs is 2. The van der Waals surface area contributed by atoms with E-state index in [2.05, 4.69) is 4.98 Å². The minimum Gasteiger partial charge on any atom is -0.385 e. The molecule has 3 atom stereocenters. The molecule has 3 aromatic rings. The Balaban J connectivity index is 1.52. The van der Waals surface area contributed by atoms with E-state index in [0.717, 1.165) is 31.2 Å². The highest BCUT2D eigenvalue weighted by Crippen LogP contribution is 2.47. The molecule has 1 aliphatic heterocycles. The number of hydrogen-bond acceptors (Lipinski definition) is 3. The van der Waals surface area contributed by atoms with Gasteiger partial charge in [-0.15, -0.1) is 0 Å². The Kier molecular flexibility index (Phi) is 4.79. The van der Waals surface area contributed by atoms with Crippen LogP contribution >= 0.6 is 11.6 Å². The Bertz CT molecular complexity index is 1100. The van der Waals surface area contributed by atoms with E-state index in [1.165, 1.54) is 16.5 Å². The normalized spacial score (nSPS) is 26.6. The fraction of sp³-hybridized carbons (Fsp3) is 0.391. The highest BCUT2D eigenvalue weighted by molar-refractivity contribution is 6.33. The van der Waals surface area contributed by atoms with E-state index in [-0.39, 0.29) is 34.4 Å². The number of hydrogen-bond donors (Lipinski definition) is 1. The number of imidazole rings is 1. The summed E-state index contributed by atoms with van der Waals surface area (Å²) in [6.45, 7) is 0.410. The van der Waals surface area contributed by atoms with Gasteiger partial charge in [0.25, 0.3) is 5.91 Å². The van der Waals surface area contributed by atoms with Crippen LogP contribution in [0.25, 0.3) is 5.52 Å². The van der Waals surface area contributed by atoms with Crippen molar-refractivity contribution in [2.75, 3.05) is 6.54 Å². The van der Waals surface area contributed by atoms with Crippen LogP contribution in [0.1, 0.15) is 48.3 Å². The maximum absolute atomic E-state index is 14.2. The van der Waals surface area contributed by atoms with Crippen molar-refractivity contribution in [1.29, 1.82) is 0 Å². The van der Waals surface area contributed by atoms with E-state index in [9.17, 15) is 14.3 Å². The highest BCUT2D eigenvalue weighted by Gasteiger charge is 2.50. The van der Waals surface area contributed by atoms with E-state index < -0.39 is 11.4 Å². The van der Waals surface area contributed by atoms with Crippen LogP contribution in [0.15, 0.2) is 48.7 Å². The zero-order chi connectivity index (χ0) is 20.9. The second-order valence-electron chi connectivity index (χ2n) is 8.30. The Labute approximate surface area is 179 Å². The molecule has 5 rings (SSSR count). The van der Waals surface area contributed by atoms with Crippen molar-refractivity contribution < 1.29 is 14.3 Å². The maximum Gasteiger partial charge on any atom is 0.290 e. The fourth-order valence-electron chi connectivity index (χ4n) is 5.36. The van der Waals surface area contributed by atoms with Gasteiger partial charge in [0.15, 0.2) is 5.15 Å². The Morgan fingerprint density at radius 1 is 1.17 bits per heavy atom. The molecule has 1 N–H and O–H groups in total. The molecule has 1 saturated carbocycles. The van der Waals surface area contributed by atoms with Crippen LogP contribution in [0.5, 0.6) is 0 Å². The van der Waals surface area contributed by atoms with Gasteiger partial charge >= 0.3 is 0 Å². The minimum atomic E-state index is -0.957. The van der Waals surface area contributed by atoms with Gasteiger partial charge in [0.1, 0.15) is 11.3 Å². The molecule has 3 heterocycles. The average Bonchev–Trinajstić information content (AvgIpc) is 3.12. The average molecular weight is 428 g/mol. The molecule has 1 amide bonds. The number of pyridine rings is 1. The lowest BCUT2D eigenvalue weighted by molar-refractivity contribution is -0.110. The highest BCUT2D eigenvalue weighted by atomic mass is 35.5. The molecule has 5 nitrogen and oxygen atoms in total. The molecule has 30 heavy (non-hydrogen) atoms. The summed E-state index contributed by atoms with van der Waals surface area (Å²) in [5.74, 6) is -0.718. The second-order valence-corrected chi connectivity index (χ2v) is 8.66. The lowest BCUT2D eigenvalue weighted by Crippen LogP contribution is -2.59. The molecule has 2 aromatic heterocycles. The topological polar surface area (TPSA) is 57.8 Å². The van der Waals surface area contributed by atoms with Crippen LogP contribution in [-0.4, -0.2) is 37.9 Å². The van der Waals surface area contributed by atoms with Crippen LogP contribution in [0, 0.1) is 11.7 Å². The van der Waals surface area contributed by atoms with Crippen molar-refractivity contribution in [2.45, 2.75) is 43.7 Å². The summed E-state index contributed by atoms with van der Waals surface area (Å²) >= 11 is 6.15. The van der Waals surface area contributed by atoms with Crippen LogP contribution in [0.4, 0.5) is 4.39 Å². The lowest BCUT2D eigenvalue weighted by Gasteiger charge is -2.52. The van der Waals surface area contributed by atoms with Crippen molar-refractivity contribution in [3.05, 3.63) is 71.0 Å². The summed E-state index contributed by atoms with van der Waals surface area (Å²) in [4.78, 5) is 19.5. The number of amides is 1. The van der Waals surface area contributed by atoms with Crippen molar-refractivity contribution in [2.24, 2.45) is 5.92 Å². The first-order chi connectivity index (χ1) is 14.5. The first kappa shape index (κ1) is 19.5. The van der Waals surface area contributed by atoms with E-state index in [4.69, 9.17) is 11.6 Å². The quantitative estimate of drug-likeness (QED) is 0.658. The van der Waals surface area contributed by atoms with Crippen LogP contribution < -0.4 is 0 Å². The molecule has 1 aliphatic carbocycles. The van der Waals surface area contributed by atoms with Crippen molar-refractivity contribution in [1.82, 2.24) is 14.3 Å². The number of carbonyl (C=O) groups excluding carboxylic acids is 1. The van der Waals surface area contributed by atoms with Gasteiger partial charge in [-0.1, -0.05) is 54.8 Å². The van der Waals surface area contributed by atoms with E-state index in [1.54, 1.807) is 6.20 Å².